The van der Waals surface area contributed by atoms with E-state index in [0.717, 1.165) is 36.9 Å². The number of nitrogens with one attached hydrogen (secondary N) is 2. The molecule has 1 aromatic heterocycles. The Balaban J connectivity index is 2.08. The Hall–Kier alpha value is -1.32. The first-order chi connectivity index (χ1) is 10.3. The summed E-state index contributed by atoms with van der Waals surface area (Å²) in [5.74, 6) is 2.91. The highest BCUT2D eigenvalue weighted by Crippen LogP contribution is 2.30. The van der Waals surface area contributed by atoms with Crippen molar-refractivity contribution in [3.05, 3.63) is 11.9 Å². The smallest absolute Gasteiger partial charge is 0.134 e. The average Bonchev–Trinajstić information content (AvgIpc) is 2.53. The van der Waals surface area contributed by atoms with Gasteiger partial charge in [-0.05, 0) is 31.6 Å². The van der Waals surface area contributed by atoms with Crippen molar-refractivity contribution in [3.8, 4) is 0 Å². The lowest BCUT2D eigenvalue weighted by Gasteiger charge is -2.30. The topological polar surface area (TPSA) is 49.8 Å². The Bertz CT molecular complexity index is 433. The number of rotatable bonds is 7. The molecule has 118 valence electrons. The standard InChI is InChI=1S/C17H30N4/c1-4-10-18-16-15(6-3)17(20-12-19-16)21-14-9-7-8-13(5-2)11-14/h12-14H,4-11H2,1-3H3,(H2,18,19,20,21). The van der Waals surface area contributed by atoms with Gasteiger partial charge >= 0.3 is 0 Å². The molecule has 1 heterocycles. The minimum absolute atomic E-state index is 0.572. The van der Waals surface area contributed by atoms with Crippen LogP contribution in [-0.4, -0.2) is 22.6 Å². The van der Waals surface area contributed by atoms with Crippen LogP contribution >= 0.6 is 0 Å². The van der Waals surface area contributed by atoms with E-state index in [9.17, 15) is 0 Å². The number of aromatic nitrogens is 2. The second-order valence-corrected chi connectivity index (χ2v) is 6.11. The molecule has 0 radical (unpaired) electrons. The van der Waals surface area contributed by atoms with Gasteiger partial charge in [0.1, 0.15) is 18.0 Å². The number of anilines is 2. The van der Waals surface area contributed by atoms with E-state index in [0.29, 0.717) is 6.04 Å². The molecule has 0 aliphatic heterocycles. The molecule has 0 amide bonds. The molecule has 2 N–H and O–H groups in total. The van der Waals surface area contributed by atoms with E-state index in [1.165, 1.54) is 37.7 Å². The van der Waals surface area contributed by atoms with Crippen LogP contribution in [0, 0.1) is 5.92 Å². The van der Waals surface area contributed by atoms with E-state index < -0.39 is 0 Å². The highest BCUT2D eigenvalue weighted by Gasteiger charge is 2.22. The van der Waals surface area contributed by atoms with Crippen LogP contribution < -0.4 is 10.6 Å². The van der Waals surface area contributed by atoms with Crippen molar-refractivity contribution in [2.75, 3.05) is 17.2 Å². The summed E-state index contributed by atoms with van der Waals surface area (Å²) in [6.45, 7) is 7.62. The molecule has 1 fully saturated rings. The molecule has 0 spiro atoms. The SMILES string of the molecule is CCCNc1ncnc(NC2CCCC(CC)C2)c1CC. The number of nitrogens with zero attached hydrogens (tertiary/aromatic N) is 2. The molecule has 1 aromatic rings. The zero-order valence-electron chi connectivity index (χ0n) is 13.8. The Labute approximate surface area is 129 Å². The van der Waals surface area contributed by atoms with Gasteiger partial charge in [-0.1, -0.05) is 40.0 Å². The van der Waals surface area contributed by atoms with Crippen molar-refractivity contribution >= 4 is 11.6 Å². The van der Waals surface area contributed by atoms with E-state index in [1.54, 1.807) is 6.33 Å². The molecule has 1 aliphatic carbocycles. The quantitative estimate of drug-likeness (QED) is 0.788. The molecular formula is C17H30N4. The summed E-state index contributed by atoms with van der Waals surface area (Å²) in [7, 11) is 0. The highest BCUT2D eigenvalue weighted by atomic mass is 15.1. The first-order valence-electron chi connectivity index (χ1n) is 8.62. The summed E-state index contributed by atoms with van der Waals surface area (Å²) < 4.78 is 0. The second-order valence-electron chi connectivity index (χ2n) is 6.11. The Morgan fingerprint density at radius 2 is 1.95 bits per heavy atom. The second kappa shape index (κ2) is 8.20. The van der Waals surface area contributed by atoms with Crippen LogP contribution in [0.5, 0.6) is 0 Å². The molecule has 0 saturated heterocycles. The fourth-order valence-electron chi connectivity index (χ4n) is 3.25. The van der Waals surface area contributed by atoms with Gasteiger partial charge in [-0.3, -0.25) is 0 Å². The third-order valence-electron chi connectivity index (χ3n) is 4.54. The van der Waals surface area contributed by atoms with Gasteiger partial charge in [0.15, 0.2) is 0 Å². The van der Waals surface area contributed by atoms with Crippen molar-refractivity contribution in [2.45, 2.75) is 71.8 Å². The maximum absolute atomic E-state index is 4.50. The van der Waals surface area contributed by atoms with Crippen LogP contribution in [0.1, 0.15) is 64.9 Å². The third-order valence-corrected chi connectivity index (χ3v) is 4.54. The summed E-state index contributed by atoms with van der Waals surface area (Å²) >= 11 is 0. The highest BCUT2D eigenvalue weighted by molar-refractivity contribution is 5.57. The van der Waals surface area contributed by atoms with Gasteiger partial charge in [-0.15, -0.1) is 0 Å². The lowest BCUT2D eigenvalue weighted by Crippen LogP contribution is -2.28. The Morgan fingerprint density at radius 3 is 2.67 bits per heavy atom. The number of hydrogen-bond donors (Lipinski definition) is 2. The predicted molar refractivity (Wildman–Crippen MR) is 89.9 cm³/mol. The van der Waals surface area contributed by atoms with Crippen molar-refractivity contribution < 1.29 is 0 Å². The molecule has 0 aromatic carbocycles. The minimum Gasteiger partial charge on any atom is -0.370 e. The number of hydrogen-bond acceptors (Lipinski definition) is 4. The summed E-state index contributed by atoms with van der Waals surface area (Å²) in [5, 5.41) is 7.11. The third kappa shape index (κ3) is 4.32. The fourth-order valence-corrected chi connectivity index (χ4v) is 3.25. The first kappa shape index (κ1) is 16.1. The maximum atomic E-state index is 4.50. The monoisotopic (exact) mass is 290 g/mol. The molecule has 0 bridgehead atoms. The minimum atomic E-state index is 0.572. The molecule has 1 aliphatic rings. The van der Waals surface area contributed by atoms with Crippen LogP contribution in [0.4, 0.5) is 11.6 Å². The largest absolute Gasteiger partial charge is 0.370 e. The van der Waals surface area contributed by atoms with Crippen LogP contribution in [-0.2, 0) is 6.42 Å². The molecule has 4 heteroatoms. The summed E-state index contributed by atoms with van der Waals surface area (Å²) in [5.41, 5.74) is 1.23. The van der Waals surface area contributed by atoms with E-state index >= 15 is 0 Å². The molecule has 2 unspecified atom stereocenters. The molecule has 1 saturated carbocycles. The van der Waals surface area contributed by atoms with Crippen molar-refractivity contribution in [1.82, 2.24) is 9.97 Å². The Morgan fingerprint density at radius 1 is 1.14 bits per heavy atom. The van der Waals surface area contributed by atoms with Gasteiger partial charge < -0.3 is 10.6 Å². The average molecular weight is 290 g/mol. The lowest BCUT2D eigenvalue weighted by atomic mass is 9.84. The lowest BCUT2D eigenvalue weighted by molar-refractivity contribution is 0.327. The van der Waals surface area contributed by atoms with Crippen LogP contribution in [0.3, 0.4) is 0 Å². The fraction of sp³-hybridized carbons (Fsp3) is 0.765. The van der Waals surface area contributed by atoms with Crippen LogP contribution in [0.25, 0.3) is 0 Å². The normalized spacial score (nSPS) is 22.0. The van der Waals surface area contributed by atoms with Crippen molar-refractivity contribution in [2.24, 2.45) is 5.92 Å². The molecule has 2 atom stereocenters. The van der Waals surface area contributed by atoms with Gasteiger partial charge in [0.05, 0.1) is 0 Å². The van der Waals surface area contributed by atoms with Gasteiger partial charge in [-0.25, -0.2) is 9.97 Å². The van der Waals surface area contributed by atoms with E-state index in [1.807, 2.05) is 0 Å². The maximum Gasteiger partial charge on any atom is 0.134 e. The predicted octanol–water partition coefficient (Wildman–Crippen LogP) is 4.24. The molecular weight excluding hydrogens is 260 g/mol. The van der Waals surface area contributed by atoms with Crippen molar-refractivity contribution in [1.29, 1.82) is 0 Å². The first-order valence-corrected chi connectivity index (χ1v) is 8.62. The van der Waals surface area contributed by atoms with Gasteiger partial charge in [0.25, 0.3) is 0 Å². The zero-order chi connectivity index (χ0) is 15.1. The summed E-state index contributed by atoms with van der Waals surface area (Å²) in [4.78, 5) is 8.91. The van der Waals surface area contributed by atoms with E-state index in [-0.39, 0.29) is 0 Å². The zero-order valence-corrected chi connectivity index (χ0v) is 13.8. The summed E-state index contributed by atoms with van der Waals surface area (Å²) in [6, 6.07) is 0.572. The molecule has 4 nitrogen and oxygen atoms in total. The van der Waals surface area contributed by atoms with Crippen molar-refractivity contribution in [3.63, 3.8) is 0 Å². The van der Waals surface area contributed by atoms with Gasteiger partial charge in [0, 0.05) is 18.2 Å². The van der Waals surface area contributed by atoms with E-state index in [2.05, 4.69) is 41.4 Å². The summed E-state index contributed by atoms with van der Waals surface area (Å²) in [6.07, 6.45) is 10.3. The molecule has 21 heavy (non-hydrogen) atoms. The van der Waals surface area contributed by atoms with E-state index in [4.69, 9.17) is 0 Å². The molecule has 2 rings (SSSR count). The Kier molecular flexibility index (Phi) is 6.27. The van der Waals surface area contributed by atoms with Gasteiger partial charge in [0.2, 0.25) is 0 Å². The van der Waals surface area contributed by atoms with Crippen LogP contribution in [0.15, 0.2) is 6.33 Å². The van der Waals surface area contributed by atoms with Crippen LogP contribution in [0.2, 0.25) is 0 Å². The van der Waals surface area contributed by atoms with Gasteiger partial charge in [-0.2, -0.15) is 0 Å².